The van der Waals surface area contributed by atoms with Gasteiger partial charge in [-0.25, -0.2) is 0 Å². The van der Waals surface area contributed by atoms with Crippen molar-refractivity contribution in [3.05, 3.63) is 46.5 Å². The molecule has 0 saturated heterocycles. The van der Waals surface area contributed by atoms with E-state index in [4.69, 9.17) is 10.8 Å². The summed E-state index contributed by atoms with van der Waals surface area (Å²) in [6, 6.07) is 0. The largest absolute Gasteiger partial charge is 0.393 e. The van der Waals surface area contributed by atoms with Gasteiger partial charge in [0, 0.05) is 68.1 Å². The third-order valence-electron chi connectivity index (χ3n) is 4.79. The predicted octanol–water partition coefficient (Wildman–Crippen LogP) is 3.04. The molecule has 0 fully saturated rings. The van der Waals surface area contributed by atoms with Gasteiger partial charge in [0.2, 0.25) is 0 Å². The Morgan fingerprint density at radius 3 is 2.72 bits per heavy atom. The van der Waals surface area contributed by atoms with Crippen molar-refractivity contribution in [3.63, 3.8) is 0 Å². The number of hydrogen-bond donors (Lipinski definition) is 5. The molecule has 9 heteroatoms. The average molecular weight is 410 g/mol. The number of halogens is 3. The summed E-state index contributed by atoms with van der Waals surface area (Å²) in [5, 5.41) is 25.0. The Kier molecular flexibility index (Phi) is 8.07. The number of allylic oxidation sites excluding steroid dienone is 4. The number of likely N-dealkylation sites (N-methyl/N-ethyl adjacent to an activating group) is 1. The summed E-state index contributed by atoms with van der Waals surface area (Å²) in [5.74, 6) is 0.184. The van der Waals surface area contributed by atoms with Gasteiger partial charge in [0.05, 0.1) is 6.42 Å². The van der Waals surface area contributed by atoms with Crippen molar-refractivity contribution in [1.29, 1.82) is 10.8 Å². The molecule has 1 aliphatic heterocycles. The summed E-state index contributed by atoms with van der Waals surface area (Å²) in [6.07, 6.45) is 4.01. The van der Waals surface area contributed by atoms with Crippen molar-refractivity contribution < 1.29 is 13.2 Å². The Bertz CT molecular complexity index is 746. The molecule has 2 rings (SSSR count). The second-order valence-electron chi connectivity index (χ2n) is 7.14. The number of nitrogens with one attached hydrogen (secondary N) is 5. The maximum absolute atomic E-state index is 12.5. The first-order valence-corrected chi connectivity index (χ1v) is 9.59. The smallest absolute Gasteiger partial charge is 0.390 e. The highest BCUT2D eigenvalue weighted by Gasteiger charge is 2.27. The summed E-state index contributed by atoms with van der Waals surface area (Å²) >= 11 is 0. The zero-order chi connectivity index (χ0) is 21.4. The molecule has 5 N–H and O–H groups in total. The lowest BCUT2D eigenvalue weighted by Crippen LogP contribution is -2.39. The van der Waals surface area contributed by atoms with Gasteiger partial charge in [0.25, 0.3) is 0 Å². The monoisotopic (exact) mass is 410 g/mol. The Labute approximate surface area is 169 Å². The first-order valence-electron chi connectivity index (χ1n) is 9.59. The van der Waals surface area contributed by atoms with Crippen LogP contribution >= 0.6 is 0 Å². The normalized spacial score (nSPS) is 18.7. The Balaban J connectivity index is 2.13. The predicted molar refractivity (Wildman–Crippen MR) is 110 cm³/mol. The minimum Gasteiger partial charge on any atom is -0.393 e. The van der Waals surface area contributed by atoms with Crippen LogP contribution in [-0.2, 0) is 0 Å². The first-order chi connectivity index (χ1) is 13.7. The van der Waals surface area contributed by atoms with Gasteiger partial charge in [-0.2, -0.15) is 13.2 Å². The van der Waals surface area contributed by atoms with Gasteiger partial charge < -0.3 is 26.3 Å². The molecule has 0 aromatic rings. The minimum atomic E-state index is -4.20. The van der Waals surface area contributed by atoms with Crippen LogP contribution in [0.5, 0.6) is 0 Å². The highest BCUT2D eigenvalue weighted by Crippen LogP contribution is 2.23. The van der Waals surface area contributed by atoms with Gasteiger partial charge in [-0.3, -0.25) is 5.41 Å². The van der Waals surface area contributed by atoms with Crippen molar-refractivity contribution in [2.24, 2.45) is 0 Å². The quantitative estimate of drug-likeness (QED) is 0.314. The Morgan fingerprint density at radius 1 is 1.31 bits per heavy atom. The van der Waals surface area contributed by atoms with E-state index in [1.165, 1.54) is 6.21 Å². The molecule has 0 unspecified atom stereocenters. The Hall–Kier alpha value is -2.55. The molecule has 160 valence electrons. The molecule has 1 aliphatic carbocycles. The van der Waals surface area contributed by atoms with Crippen LogP contribution in [0.25, 0.3) is 0 Å². The number of hydrogen-bond acceptors (Lipinski definition) is 5. The van der Waals surface area contributed by atoms with Crippen LogP contribution in [0.4, 0.5) is 13.2 Å². The lowest BCUT2D eigenvalue weighted by Gasteiger charge is -2.29. The van der Waals surface area contributed by atoms with Crippen LogP contribution < -0.4 is 16.0 Å². The topological polar surface area (TPSA) is 87.0 Å². The number of nitrogens with zero attached hydrogens (tertiary/aromatic N) is 1. The van der Waals surface area contributed by atoms with Crippen molar-refractivity contribution in [2.75, 3.05) is 33.7 Å². The first kappa shape index (κ1) is 22.7. The van der Waals surface area contributed by atoms with E-state index in [1.807, 2.05) is 24.1 Å². The molecule has 0 aromatic heterocycles. The molecule has 6 nitrogen and oxygen atoms in total. The molecule has 1 heterocycles. The fourth-order valence-electron chi connectivity index (χ4n) is 3.30. The highest BCUT2D eigenvalue weighted by molar-refractivity contribution is 5.98. The summed E-state index contributed by atoms with van der Waals surface area (Å²) in [5.41, 5.74) is 3.90. The van der Waals surface area contributed by atoms with E-state index in [2.05, 4.69) is 16.0 Å². The number of amidine groups is 1. The van der Waals surface area contributed by atoms with Crippen LogP contribution in [-0.4, -0.2) is 56.9 Å². The van der Waals surface area contributed by atoms with Crippen LogP contribution in [0.1, 0.15) is 25.7 Å². The third kappa shape index (κ3) is 7.08. The zero-order valence-corrected chi connectivity index (χ0v) is 16.8. The van der Waals surface area contributed by atoms with E-state index in [0.717, 1.165) is 36.2 Å². The molecule has 2 aliphatic rings. The van der Waals surface area contributed by atoms with E-state index >= 15 is 0 Å². The van der Waals surface area contributed by atoms with Crippen LogP contribution in [0.15, 0.2) is 46.5 Å². The molecular weight excluding hydrogens is 381 g/mol. The van der Waals surface area contributed by atoms with Crippen LogP contribution in [0.3, 0.4) is 0 Å². The second kappa shape index (κ2) is 10.3. The fraction of sp³-hybridized carbons (Fsp3) is 0.500. The van der Waals surface area contributed by atoms with Gasteiger partial charge in [0.1, 0.15) is 5.84 Å². The second-order valence-corrected chi connectivity index (χ2v) is 7.14. The molecule has 0 saturated carbocycles. The molecule has 0 bridgehead atoms. The van der Waals surface area contributed by atoms with Crippen molar-refractivity contribution in [1.82, 2.24) is 20.9 Å². The van der Waals surface area contributed by atoms with Gasteiger partial charge >= 0.3 is 6.18 Å². The summed E-state index contributed by atoms with van der Waals surface area (Å²) < 4.78 is 37.4. The average Bonchev–Trinajstić information content (AvgIpc) is 2.66. The standard InChI is InChI=1S/C20H29F3N6/c1-26-12-15(11-24)14-4-3-5-16(10-14)28-19(25)17-13-29(2)9-6-18(17)27-8-7-20(21,22)23/h5,10-12,24,26-27H,3-4,6-9,13H2,1-2H3,(H2,25,28)/b15-12+,24-11?. The number of rotatable bonds is 8. The molecule has 0 amide bonds. The molecule has 29 heavy (non-hydrogen) atoms. The molecule has 0 aromatic carbocycles. The van der Waals surface area contributed by atoms with E-state index in [-0.39, 0.29) is 12.4 Å². The molecule has 0 spiro atoms. The molecular formula is C20H29F3N6. The lowest BCUT2D eigenvalue weighted by molar-refractivity contribution is -0.133. The third-order valence-corrected chi connectivity index (χ3v) is 4.79. The van der Waals surface area contributed by atoms with Crippen LogP contribution in [0, 0.1) is 10.8 Å². The van der Waals surface area contributed by atoms with Gasteiger partial charge in [-0.05, 0) is 31.5 Å². The van der Waals surface area contributed by atoms with Gasteiger partial charge in [-0.15, -0.1) is 0 Å². The maximum atomic E-state index is 12.5. The summed E-state index contributed by atoms with van der Waals surface area (Å²) in [4.78, 5) is 2.04. The molecule has 0 radical (unpaired) electrons. The van der Waals surface area contributed by atoms with E-state index < -0.39 is 12.6 Å². The Morgan fingerprint density at radius 2 is 2.07 bits per heavy atom. The number of alkyl halides is 3. The fourth-order valence-corrected chi connectivity index (χ4v) is 3.30. The van der Waals surface area contributed by atoms with Crippen molar-refractivity contribution in [2.45, 2.75) is 31.9 Å². The summed E-state index contributed by atoms with van der Waals surface area (Å²) in [7, 11) is 3.70. The van der Waals surface area contributed by atoms with E-state index in [0.29, 0.717) is 24.2 Å². The zero-order valence-electron chi connectivity index (χ0n) is 16.8. The van der Waals surface area contributed by atoms with E-state index in [1.54, 1.807) is 13.2 Å². The van der Waals surface area contributed by atoms with Gasteiger partial charge in [0.15, 0.2) is 0 Å². The highest BCUT2D eigenvalue weighted by atomic mass is 19.4. The minimum absolute atomic E-state index is 0.184. The van der Waals surface area contributed by atoms with Gasteiger partial charge in [-0.1, -0.05) is 6.08 Å². The summed E-state index contributed by atoms with van der Waals surface area (Å²) in [6.45, 7) is 1.04. The molecule has 0 atom stereocenters. The van der Waals surface area contributed by atoms with Crippen LogP contribution in [0.2, 0.25) is 0 Å². The SMILES string of the molecule is CN/C=C(\C=N)C1=CC(NC(=N)C2=C(NCCC(F)(F)F)CCN(C)C2)=CCC1. The van der Waals surface area contributed by atoms with Crippen molar-refractivity contribution >= 4 is 12.1 Å². The van der Waals surface area contributed by atoms with Crippen molar-refractivity contribution in [3.8, 4) is 0 Å². The maximum Gasteiger partial charge on any atom is 0.390 e. The lowest BCUT2D eigenvalue weighted by atomic mass is 9.96. The van der Waals surface area contributed by atoms with E-state index in [9.17, 15) is 13.2 Å².